The summed E-state index contributed by atoms with van der Waals surface area (Å²) in [6.07, 6.45) is 0. The first kappa shape index (κ1) is 14.7. The molecule has 1 aromatic carbocycles. The van der Waals surface area contributed by atoms with Crippen molar-refractivity contribution >= 4 is 23.0 Å². The topological polar surface area (TPSA) is 145 Å². The molecule has 21 heavy (non-hydrogen) atoms. The number of carboxylic acids is 1. The van der Waals surface area contributed by atoms with Crippen molar-refractivity contribution < 1.29 is 24.5 Å². The molecule has 0 bridgehead atoms. The van der Waals surface area contributed by atoms with Crippen LogP contribution in [-0.4, -0.2) is 40.2 Å². The number of nitrogens with one attached hydrogen (secondary N) is 1. The standard InChI is InChI=1S/C11H11N3O7/c15-11(16)7-4-21-5-9(7)12-8-2-1-6(13(17)18)3-10(8)14(19)20/h1-3,7,9,12H,4-5H2,(H,15,16). The van der Waals surface area contributed by atoms with Gasteiger partial charge in [-0.3, -0.25) is 25.0 Å². The van der Waals surface area contributed by atoms with Gasteiger partial charge in [-0.1, -0.05) is 0 Å². The highest BCUT2D eigenvalue weighted by atomic mass is 16.6. The number of carbonyl (C=O) groups is 1. The minimum Gasteiger partial charge on any atom is -0.481 e. The van der Waals surface area contributed by atoms with E-state index in [2.05, 4.69) is 5.32 Å². The lowest BCUT2D eigenvalue weighted by Gasteiger charge is -2.16. The lowest BCUT2D eigenvalue weighted by Crippen LogP contribution is -2.33. The van der Waals surface area contributed by atoms with Crippen molar-refractivity contribution in [2.24, 2.45) is 5.92 Å². The third kappa shape index (κ3) is 3.05. The second kappa shape index (κ2) is 5.71. The number of hydrogen-bond donors (Lipinski definition) is 2. The van der Waals surface area contributed by atoms with Crippen LogP contribution in [0.4, 0.5) is 17.1 Å². The molecule has 0 aromatic heterocycles. The normalized spacial score (nSPS) is 21.0. The van der Waals surface area contributed by atoms with Crippen LogP contribution in [0.1, 0.15) is 0 Å². The molecule has 2 N–H and O–H groups in total. The lowest BCUT2D eigenvalue weighted by molar-refractivity contribution is -0.393. The number of nitrogens with zero attached hydrogens (tertiary/aromatic N) is 2. The Hall–Kier alpha value is -2.75. The molecule has 10 nitrogen and oxygen atoms in total. The van der Waals surface area contributed by atoms with Crippen molar-refractivity contribution in [1.82, 2.24) is 0 Å². The molecule has 0 spiro atoms. The average Bonchev–Trinajstić information content (AvgIpc) is 2.87. The van der Waals surface area contributed by atoms with Crippen LogP contribution in [0.5, 0.6) is 0 Å². The molecular formula is C11H11N3O7. The highest BCUT2D eigenvalue weighted by Crippen LogP contribution is 2.31. The quantitative estimate of drug-likeness (QED) is 0.605. The van der Waals surface area contributed by atoms with Crippen LogP contribution in [0.15, 0.2) is 18.2 Å². The Morgan fingerprint density at radius 3 is 2.57 bits per heavy atom. The zero-order chi connectivity index (χ0) is 15.6. The maximum Gasteiger partial charge on any atom is 0.311 e. The molecule has 0 saturated carbocycles. The first-order chi connectivity index (χ1) is 9.90. The molecule has 112 valence electrons. The van der Waals surface area contributed by atoms with Crippen LogP contribution in [0.3, 0.4) is 0 Å². The van der Waals surface area contributed by atoms with Crippen LogP contribution >= 0.6 is 0 Å². The minimum absolute atomic E-state index is 0.00772. The first-order valence-electron chi connectivity index (χ1n) is 5.90. The summed E-state index contributed by atoms with van der Waals surface area (Å²) in [5.41, 5.74) is -0.878. The number of rotatable bonds is 5. The van der Waals surface area contributed by atoms with Gasteiger partial charge in [0.15, 0.2) is 0 Å². The highest BCUT2D eigenvalue weighted by Gasteiger charge is 2.35. The first-order valence-corrected chi connectivity index (χ1v) is 5.90. The smallest absolute Gasteiger partial charge is 0.311 e. The number of aliphatic carboxylic acids is 1. The maximum atomic E-state index is 11.0. The molecule has 1 aromatic rings. The van der Waals surface area contributed by atoms with Crippen LogP contribution in [-0.2, 0) is 9.53 Å². The molecule has 1 heterocycles. The zero-order valence-electron chi connectivity index (χ0n) is 10.6. The molecule has 0 aliphatic carbocycles. The monoisotopic (exact) mass is 297 g/mol. The summed E-state index contributed by atoms with van der Waals surface area (Å²) in [5, 5.41) is 33.4. The molecule has 1 fully saturated rings. The van der Waals surface area contributed by atoms with E-state index in [0.29, 0.717) is 0 Å². The number of nitro groups is 2. The van der Waals surface area contributed by atoms with Crippen molar-refractivity contribution in [1.29, 1.82) is 0 Å². The van der Waals surface area contributed by atoms with E-state index >= 15 is 0 Å². The van der Waals surface area contributed by atoms with E-state index in [0.717, 1.165) is 12.1 Å². The summed E-state index contributed by atoms with van der Waals surface area (Å²) in [6, 6.07) is 2.49. The SMILES string of the molecule is O=C(O)C1COCC1Nc1ccc([N+](=O)[O-])cc1[N+](=O)[O-]. The minimum atomic E-state index is -1.07. The Kier molecular flexibility index (Phi) is 3.98. The Morgan fingerprint density at radius 1 is 1.29 bits per heavy atom. The fourth-order valence-electron chi connectivity index (χ4n) is 2.05. The largest absolute Gasteiger partial charge is 0.481 e. The van der Waals surface area contributed by atoms with Crippen LogP contribution < -0.4 is 5.32 Å². The summed E-state index contributed by atoms with van der Waals surface area (Å²) in [6.45, 7) is 0.0961. The van der Waals surface area contributed by atoms with Crippen molar-refractivity contribution in [3.63, 3.8) is 0 Å². The van der Waals surface area contributed by atoms with Gasteiger partial charge in [-0.05, 0) is 6.07 Å². The van der Waals surface area contributed by atoms with Crippen molar-refractivity contribution in [2.75, 3.05) is 18.5 Å². The van der Waals surface area contributed by atoms with E-state index in [-0.39, 0.29) is 18.9 Å². The number of anilines is 1. The average molecular weight is 297 g/mol. The van der Waals surface area contributed by atoms with Gasteiger partial charge >= 0.3 is 5.97 Å². The fourth-order valence-corrected chi connectivity index (χ4v) is 2.05. The van der Waals surface area contributed by atoms with Gasteiger partial charge < -0.3 is 15.2 Å². The molecule has 0 radical (unpaired) electrons. The van der Waals surface area contributed by atoms with Crippen molar-refractivity contribution in [2.45, 2.75) is 6.04 Å². The van der Waals surface area contributed by atoms with E-state index < -0.39 is 39.2 Å². The van der Waals surface area contributed by atoms with Gasteiger partial charge in [0.2, 0.25) is 0 Å². The van der Waals surface area contributed by atoms with E-state index in [1.165, 1.54) is 6.07 Å². The maximum absolute atomic E-state index is 11.0. The summed E-state index contributed by atoms with van der Waals surface area (Å²) >= 11 is 0. The number of non-ortho nitro benzene ring substituents is 1. The van der Waals surface area contributed by atoms with E-state index in [1.807, 2.05) is 0 Å². The van der Waals surface area contributed by atoms with Crippen LogP contribution in [0.2, 0.25) is 0 Å². The second-order valence-corrected chi connectivity index (χ2v) is 4.45. The fraction of sp³-hybridized carbons (Fsp3) is 0.364. The number of ether oxygens (including phenoxy) is 1. The lowest BCUT2D eigenvalue weighted by atomic mass is 10.0. The molecule has 1 aliphatic rings. The van der Waals surface area contributed by atoms with Crippen LogP contribution in [0.25, 0.3) is 0 Å². The number of benzene rings is 1. The molecule has 2 unspecified atom stereocenters. The van der Waals surface area contributed by atoms with Gasteiger partial charge in [0, 0.05) is 6.07 Å². The summed E-state index contributed by atoms with van der Waals surface area (Å²) in [4.78, 5) is 31.1. The summed E-state index contributed by atoms with van der Waals surface area (Å²) in [5.74, 6) is -1.91. The number of nitro benzene ring substituents is 2. The predicted octanol–water partition coefficient (Wildman–Crippen LogP) is 1.01. The Morgan fingerprint density at radius 2 is 2.00 bits per heavy atom. The van der Waals surface area contributed by atoms with E-state index in [4.69, 9.17) is 9.84 Å². The molecule has 1 saturated heterocycles. The zero-order valence-corrected chi connectivity index (χ0v) is 10.6. The third-order valence-electron chi connectivity index (χ3n) is 3.13. The summed E-state index contributed by atoms with van der Waals surface area (Å²) in [7, 11) is 0. The van der Waals surface area contributed by atoms with Gasteiger partial charge in [-0.2, -0.15) is 0 Å². The molecule has 0 amide bonds. The van der Waals surface area contributed by atoms with Crippen molar-refractivity contribution in [3.05, 3.63) is 38.4 Å². The Labute approximate surface area is 117 Å². The Bertz CT molecular complexity index is 603. The van der Waals surface area contributed by atoms with Gasteiger partial charge in [0.1, 0.15) is 11.6 Å². The molecule has 2 atom stereocenters. The second-order valence-electron chi connectivity index (χ2n) is 4.45. The predicted molar refractivity (Wildman–Crippen MR) is 69.1 cm³/mol. The highest BCUT2D eigenvalue weighted by molar-refractivity contribution is 5.73. The van der Waals surface area contributed by atoms with Gasteiger partial charge in [0.05, 0.1) is 35.2 Å². The van der Waals surface area contributed by atoms with Crippen LogP contribution in [0, 0.1) is 26.1 Å². The summed E-state index contributed by atoms with van der Waals surface area (Å²) < 4.78 is 5.04. The third-order valence-corrected chi connectivity index (χ3v) is 3.13. The number of carboxylic acid groups (broad SMARTS) is 1. The molecule has 10 heteroatoms. The number of hydrogen-bond acceptors (Lipinski definition) is 7. The van der Waals surface area contributed by atoms with Gasteiger partial charge in [-0.15, -0.1) is 0 Å². The van der Waals surface area contributed by atoms with E-state index in [1.54, 1.807) is 0 Å². The van der Waals surface area contributed by atoms with E-state index in [9.17, 15) is 25.0 Å². The molecular weight excluding hydrogens is 286 g/mol. The van der Waals surface area contributed by atoms with Crippen molar-refractivity contribution in [3.8, 4) is 0 Å². The van der Waals surface area contributed by atoms with Gasteiger partial charge in [-0.25, -0.2) is 0 Å². The van der Waals surface area contributed by atoms with Gasteiger partial charge in [0.25, 0.3) is 11.4 Å². The molecule has 2 rings (SSSR count). The molecule has 1 aliphatic heterocycles. The Balaban J connectivity index is 2.29.